The number of anilines is 1. The molecule has 0 heterocycles. The summed E-state index contributed by atoms with van der Waals surface area (Å²) in [6, 6.07) is 1.50. The molecular formula is C8H6Cl4N2O4. The molecule has 5 N–H and O–H groups in total. The number of hydrazine groups is 1. The topological polar surface area (TPSA) is 113 Å². The number of benzene rings is 1. The zero-order valence-electron chi connectivity index (χ0n) is 8.38. The van der Waals surface area contributed by atoms with Crippen molar-refractivity contribution in [2.24, 2.45) is 5.84 Å². The molecular weight excluding hydrogens is 330 g/mol. The van der Waals surface area contributed by atoms with Crippen LogP contribution in [0, 0.1) is 0 Å². The van der Waals surface area contributed by atoms with Gasteiger partial charge in [0.15, 0.2) is 0 Å². The Morgan fingerprint density at radius 1 is 1.00 bits per heavy atom. The number of hydrogen-bond donors (Lipinski definition) is 4. The number of carbonyl (C=O) groups is 2. The van der Waals surface area contributed by atoms with Gasteiger partial charge < -0.3 is 15.6 Å². The van der Waals surface area contributed by atoms with E-state index in [0.717, 1.165) is 0 Å². The lowest BCUT2D eigenvalue weighted by Crippen LogP contribution is -2.09. The SMILES string of the molecule is NNc1cc(Cl)c(Cl)c(Cl)c1Cl.O=C(O)C(=O)O. The minimum absolute atomic E-state index is 0.193. The maximum Gasteiger partial charge on any atom is 0.414 e. The van der Waals surface area contributed by atoms with Crippen molar-refractivity contribution in [2.75, 3.05) is 5.43 Å². The molecule has 0 amide bonds. The minimum Gasteiger partial charge on any atom is -0.473 e. The van der Waals surface area contributed by atoms with Gasteiger partial charge in [0, 0.05) is 0 Å². The van der Waals surface area contributed by atoms with Gasteiger partial charge >= 0.3 is 11.9 Å². The summed E-state index contributed by atoms with van der Waals surface area (Å²) in [5.74, 6) is 1.50. The quantitative estimate of drug-likeness (QED) is 0.206. The van der Waals surface area contributed by atoms with E-state index >= 15 is 0 Å². The predicted molar refractivity (Wildman–Crippen MR) is 69.6 cm³/mol. The molecule has 0 atom stereocenters. The number of halogens is 4. The van der Waals surface area contributed by atoms with Crippen LogP contribution in [0.5, 0.6) is 0 Å². The van der Waals surface area contributed by atoms with E-state index < -0.39 is 11.9 Å². The van der Waals surface area contributed by atoms with Crippen LogP contribution in [0.4, 0.5) is 5.69 Å². The molecule has 1 aromatic carbocycles. The Morgan fingerprint density at radius 3 is 1.78 bits per heavy atom. The Morgan fingerprint density at radius 2 is 1.44 bits per heavy atom. The number of rotatable bonds is 1. The molecule has 0 saturated carbocycles. The van der Waals surface area contributed by atoms with Crippen molar-refractivity contribution >= 4 is 64.0 Å². The van der Waals surface area contributed by atoms with Gasteiger partial charge in [-0.25, -0.2) is 9.59 Å². The second-order valence-electron chi connectivity index (χ2n) is 2.60. The Hall–Kier alpha value is -0.920. The third-order valence-electron chi connectivity index (χ3n) is 1.44. The highest BCUT2D eigenvalue weighted by molar-refractivity contribution is 6.52. The fourth-order valence-electron chi connectivity index (χ4n) is 0.678. The summed E-state index contributed by atoms with van der Waals surface area (Å²) in [6.07, 6.45) is 0. The number of carboxylic acid groups (broad SMARTS) is 2. The van der Waals surface area contributed by atoms with E-state index in [1.54, 1.807) is 0 Å². The van der Waals surface area contributed by atoms with Gasteiger partial charge in [0.05, 0.1) is 25.8 Å². The van der Waals surface area contributed by atoms with Crippen LogP contribution in [0.2, 0.25) is 20.1 Å². The van der Waals surface area contributed by atoms with Crippen molar-refractivity contribution in [3.63, 3.8) is 0 Å². The normalized spacial score (nSPS) is 9.17. The van der Waals surface area contributed by atoms with E-state index in [9.17, 15) is 0 Å². The smallest absolute Gasteiger partial charge is 0.414 e. The fourth-order valence-corrected chi connectivity index (χ4v) is 1.53. The van der Waals surface area contributed by atoms with Crippen LogP contribution in [-0.4, -0.2) is 22.2 Å². The summed E-state index contributed by atoms with van der Waals surface area (Å²) in [5, 5.41) is 15.8. The zero-order chi connectivity index (χ0) is 14.5. The Balaban J connectivity index is 0.000000411. The minimum atomic E-state index is -1.82. The van der Waals surface area contributed by atoms with Gasteiger partial charge in [0.2, 0.25) is 0 Å². The molecule has 0 unspecified atom stereocenters. The fraction of sp³-hybridized carbons (Fsp3) is 0. The maximum atomic E-state index is 9.10. The van der Waals surface area contributed by atoms with Gasteiger partial charge in [-0.3, -0.25) is 5.84 Å². The van der Waals surface area contributed by atoms with Gasteiger partial charge in [-0.1, -0.05) is 46.4 Å². The summed E-state index contributed by atoms with van der Waals surface area (Å²) in [6.45, 7) is 0. The summed E-state index contributed by atoms with van der Waals surface area (Å²) < 4.78 is 0. The van der Waals surface area contributed by atoms with Crippen LogP contribution in [0.1, 0.15) is 0 Å². The summed E-state index contributed by atoms with van der Waals surface area (Å²) in [5.41, 5.74) is 2.79. The second kappa shape index (κ2) is 7.50. The molecule has 1 rings (SSSR count). The summed E-state index contributed by atoms with van der Waals surface area (Å²) in [7, 11) is 0. The maximum absolute atomic E-state index is 9.10. The van der Waals surface area contributed by atoms with E-state index in [0.29, 0.717) is 10.7 Å². The first kappa shape index (κ1) is 17.1. The molecule has 0 bridgehead atoms. The van der Waals surface area contributed by atoms with Crippen LogP contribution in [0.25, 0.3) is 0 Å². The van der Waals surface area contributed by atoms with Crippen molar-refractivity contribution < 1.29 is 19.8 Å². The van der Waals surface area contributed by atoms with Gasteiger partial charge in [-0.2, -0.15) is 0 Å². The molecule has 100 valence electrons. The Bertz CT molecular complexity index is 469. The van der Waals surface area contributed by atoms with Gasteiger partial charge in [-0.15, -0.1) is 0 Å². The molecule has 0 aliphatic rings. The average molecular weight is 336 g/mol. The highest BCUT2D eigenvalue weighted by Crippen LogP contribution is 2.40. The number of nitrogens with two attached hydrogens (primary N) is 1. The molecule has 0 spiro atoms. The molecule has 6 nitrogen and oxygen atoms in total. The molecule has 18 heavy (non-hydrogen) atoms. The zero-order valence-corrected chi connectivity index (χ0v) is 11.4. The highest BCUT2D eigenvalue weighted by atomic mass is 35.5. The van der Waals surface area contributed by atoms with Crippen LogP contribution in [0.3, 0.4) is 0 Å². The number of aliphatic carboxylic acids is 2. The van der Waals surface area contributed by atoms with Crippen molar-refractivity contribution in [1.82, 2.24) is 0 Å². The molecule has 0 radical (unpaired) electrons. The van der Waals surface area contributed by atoms with E-state index in [-0.39, 0.29) is 15.1 Å². The monoisotopic (exact) mass is 334 g/mol. The molecule has 10 heteroatoms. The van der Waals surface area contributed by atoms with Gasteiger partial charge in [0.1, 0.15) is 0 Å². The molecule has 0 saturated heterocycles. The van der Waals surface area contributed by atoms with E-state index in [4.69, 9.17) is 72.0 Å². The number of hydrogen-bond acceptors (Lipinski definition) is 4. The second-order valence-corrected chi connectivity index (χ2v) is 4.14. The molecule has 0 aliphatic heterocycles. The predicted octanol–water partition coefficient (Wildman–Crippen LogP) is 2.74. The van der Waals surface area contributed by atoms with E-state index in [1.165, 1.54) is 6.07 Å². The lowest BCUT2D eigenvalue weighted by Gasteiger charge is -2.07. The number of nitrogen functional groups attached to an aromatic ring is 1. The Labute approximate surface area is 121 Å². The lowest BCUT2D eigenvalue weighted by atomic mass is 10.3. The third kappa shape index (κ3) is 4.75. The Kier molecular flexibility index (Phi) is 7.12. The highest BCUT2D eigenvalue weighted by Gasteiger charge is 2.11. The summed E-state index contributed by atoms with van der Waals surface area (Å²) >= 11 is 22.9. The van der Waals surface area contributed by atoms with Gasteiger partial charge in [-0.05, 0) is 6.07 Å². The van der Waals surface area contributed by atoms with Crippen molar-refractivity contribution in [1.29, 1.82) is 0 Å². The largest absolute Gasteiger partial charge is 0.473 e. The van der Waals surface area contributed by atoms with Crippen LogP contribution < -0.4 is 11.3 Å². The molecule has 1 aromatic rings. The van der Waals surface area contributed by atoms with E-state index in [1.807, 2.05) is 0 Å². The van der Waals surface area contributed by atoms with Gasteiger partial charge in [0.25, 0.3) is 0 Å². The molecule has 0 fully saturated rings. The standard InChI is InChI=1S/C6H4Cl4N2.C2H2O4/c7-2-1-3(12-11)5(9)6(10)4(2)8;3-1(4)2(5)6/h1,12H,11H2;(H,3,4)(H,5,6). The molecule has 0 aliphatic carbocycles. The van der Waals surface area contributed by atoms with Crippen molar-refractivity contribution in [3.05, 3.63) is 26.2 Å². The van der Waals surface area contributed by atoms with Crippen LogP contribution in [0.15, 0.2) is 6.07 Å². The number of carboxylic acids is 2. The number of nitrogens with one attached hydrogen (secondary N) is 1. The van der Waals surface area contributed by atoms with E-state index in [2.05, 4.69) is 5.43 Å². The first-order valence-electron chi connectivity index (χ1n) is 3.98. The first-order valence-corrected chi connectivity index (χ1v) is 5.49. The lowest BCUT2D eigenvalue weighted by molar-refractivity contribution is -0.159. The van der Waals surface area contributed by atoms with Crippen LogP contribution in [-0.2, 0) is 9.59 Å². The third-order valence-corrected chi connectivity index (χ3v) is 3.19. The average Bonchev–Trinajstić information content (AvgIpc) is 2.31. The summed E-state index contributed by atoms with van der Waals surface area (Å²) in [4.78, 5) is 18.2. The van der Waals surface area contributed by atoms with Crippen molar-refractivity contribution in [3.8, 4) is 0 Å². The van der Waals surface area contributed by atoms with Crippen LogP contribution >= 0.6 is 46.4 Å². The first-order chi connectivity index (χ1) is 8.22. The van der Waals surface area contributed by atoms with Crippen molar-refractivity contribution in [2.45, 2.75) is 0 Å². The molecule has 0 aromatic heterocycles.